The maximum absolute atomic E-state index is 14.2. The lowest BCUT2D eigenvalue weighted by Gasteiger charge is -2.39. The van der Waals surface area contributed by atoms with Crippen LogP contribution >= 0.6 is 0 Å². The van der Waals surface area contributed by atoms with Crippen LogP contribution in [0, 0.1) is 11.6 Å². The Morgan fingerprint density at radius 2 is 1.89 bits per heavy atom. The molecule has 3 heterocycles. The number of piperidine rings is 1. The number of carbonyl (C=O) groups is 1. The van der Waals surface area contributed by atoms with Gasteiger partial charge in [0.2, 0.25) is 12.7 Å². The fourth-order valence-electron chi connectivity index (χ4n) is 5.92. The Labute approximate surface area is 223 Å². The van der Waals surface area contributed by atoms with Crippen LogP contribution in [0.1, 0.15) is 43.7 Å². The molecule has 7 nitrogen and oxygen atoms in total. The number of nitrogens with one attached hydrogen (secondary N) is 2. The van der Waals surface area contributed by atoms with Crippen molar-refractivity contribution in [1.29, 1.82) is 0 Å². The quantitative estimate of drug-likeness (QED) is 0.493. The minimum absolute atomic E-state index is 0.0407. The summed E-state index contributed by atoms with van der Waals surface area (Å²) in [5.74, 6) is 0.415. The molecule has 38 heavy (non-hydrogen) atoms. The maximum atomic E-state index is 14.2. The molecule has 2 saturated heterocycles. The first-order valence-electron chi connectivity index (χ1n) is 13.8. The van der Waals surface area contributed by atoms with Crippen molar-refractivity contribution in [3.05, 3.63) is 59.2 Å². The second-order valence-electron chi connectivity index (χ2n) is 10.6. The van der Waals surface area contributed by atoms with Crippen LogP contribution in [0.15, 0.2) is 36.4 Å². The van der Waals surface area contributed by atoms with Crippen molar-refractivity contribution in [2.75, 3.05) is 39.5 Å². The van der Waals surface area contributed by atoms with Gasteiger partial charge in [0, 0.05) is 43.3 Å². The standard InChI is InChI=1S/C29H38F2N4O3/c1-2-11-34-12-8-24(9-13-34)35-18-23(33-17-21-4-5-22(30)15-25(21)31)16-26(35)29(36)32-10-7-20-3-6-27-28(14-20)38-19-37-27/h3-6,14-15,23-24,26,33H,2,7-13,16-19H2,1H3,(H,32,36)/t23-,26-/m0/s1. The third kappa shape index (κ3) is 6.45. The van der Waals surface area contributed by atoms with Gasteiger partial charge in [-0.15, -0.1) is 0 Å². The average Bonchev–Trinajstić information content (AvgIpc) is 3.56. The van der Waals surface area contributed by atoms with Crippen LogP contribution in [0.3, 0.4) is 0 Å². The zero-order valence-corrected chi connectivity index (χ0v) is 22.1. The predicted octanol–water partition coefficient (Wildman–Crippen LogP) is 3.46. The van der Waals surface area contributed by atoms with Crippen LogP contribution in [0.25, 0.3) is 0 Å². The van der Waals surface area contributed by atoms with Crippen molar-refractivity contribution in [2.24, 2.45) is 0 Å². The van der Waals surface area contributed by atoms with E-state index in [9.17, 15) is 13.6 Å². The van der Waals surface area contributed by atoms with Crippen LogP contribution < -0.4 is 20.1 Å². The summed E-state index contributed by atoms with van der Waals surface area (Å²) in [6.45, 7) is 7.24. The minimum Gasteiger partial charge on any atom is -0.454 e. The summed E-state index contributed by atoms with van der Waals surface area (Å²) in [6, 6.07) is 9.72. The Bertz CT molecular complexity index is 1110. The smallest absolute Gasteiger partial charge is 0.237 e. The van der Waals surface area contributed by atoms with Gasteiger partial charge in [0.05, 0.1) is 6.04 Å². The largest absolute Gasteiger partial charge is 0.454 e. The molecule has 5 rings (SSSR count). The highest BCUT2D eigenvalue weighted by molar-refractivity contribution is 5.82. The number of amides is 1. The minimum atomic E-state index is -0.579. The molecule has 0 aromatic heterocycles. The Hall–Kier alpha value is -2.75. The van der Waals surface area contributed by atoms with Gasteiger partial charge in [0.1, 0.15) is 11.6 Å². The van der Waals surface area contributed by atoms with Gasteiger partial charge >= 0.3 is 0 Å². The lowest BCUT2D eigenvalue weighted by molar-refractivity contribution is -0.126. The van der Waals surface area contributed by atoms with E-state index in [2.05, 4.69) is 27.4 Å². The molecular weight excluding hydrogens is 490 g/mol. The summed E-state index contributed by atoms with van der Waals surface area (Å²) < 4.78 is 38.3. The third-order valence-corrected chi connectivity index (χ3v) is 7.95. The number of nitrogens with zero attached hydrogens (tertiary/aromatic N) is 2. The molecule has 0 aliphatic carbocycles. The summed E-state index contributed by atoms with van der Waals surface area (Å²) >= 11 is 0. The maximum Gasteiger partial charge on any atom is 0.237 e. The number of hydrogen-bond donors (Lipinski definition) is 2. The van der Waals surface area contributed by atoms with Gasteiger partial charge in [-0.1, -0.05) is 19.1 Å². The summed E-state index contributed by atoms with van der Waals surface area (Å²) in [6.07, 6.45) is 4.60. The summed E-state index contributed by atoms with van der Waals surface area (Å²) in [4.78, 5) is 18.3. The van der Waals surface area contributed by atoms with Crippen molar-refractivity contribution < 1.29 is 23.0 Å². The molecular formula is C29H38F2N4O3. The average molecular weight is 529 g/mol. The van der Waals surface area contributed by atoms with E-state index in [4.69, 9.17) is 9.47 Å². The Balaban J connectivity index is 1.19. The summed E-state index contributed by atoms with van der Waals surface area (Å²) in [5, 5.41) is 6.58. The van der Waals surface area contributed by atoms with Gasteiger partial charge in [0.25, 0.3) is 0 Å². The van der Waals surface area contributed by atoms with E-state index in [1.165, 1.54) is 12.1 Å². The summed E-state index contributed by atoms with van der Waals surface area (Å²) in [5.41, 5.74) is 1.52. The van der Waals surface area contributed by atoms with Crippen molar-refractivity contribution in [2.45, 2.75) is 63.7 Å². The first-order valence-corrected chi connectivity index (χ1v) is 13.8. The number of rotatable bonds is 10. The molecule has 9 heteroatoms. The lowest BCUT2D eigenvalue weighted by Crippen LogP contribution is -2.51. The molecule has 1 amide bonds. The SMILES string of the molecule is CCCN1CCC(N2C[C@@H](NCc3ccc(F)cc3F)C[C@H]2C(=O)NCCc2ccc3c(c2)OCO3)CC1. The van der Waals surface area contributed by atoms with Crippen molar-refractivity contribution in [3.8, 4) is 11.5 Å². The van der Waals surface area contributed by atoms with E-state index >= 15 is 0 Å². The Morgan fingerprint density at radius 1 is 1.08 bits per heavy atom. The molecule has 2 atom stereocenters. The number of fused-ring (bicyclic) bond motifs is 1. The number of ether oxygens (including phenoxy) is 2. The van der Waals surface area contributed by atoms with Gasteiger partial charge in [-0.25, -0.2) is 8.78 Å². The first kappa shape index (κ1) is 26.8. The first-order chi connectivity index (χ1) is 18.5. The van der Waals surface area contributed by atoms with Gasteiger partial charge in [-0.2, -0.15) is 0 Å². The van der Waals surface area contributed by atoms with E-state index < -0.39 is 11.6 Å². The van der Waals surface area contributed by atoms with E-state index in [0.717, 1.165) is 68.6 Å². The van der Waals surface area contributed by atoms with E-state index in [-0.39, 0.29) is 24.8 Å². The predicted molar refractivity (Wildman–Crippen MR) is 141 cm³/mol. The van der Waals surface area contributed by atoms with Crippen LogP contribution in [0.5, 0.6) is 11.5 Å². The second-order valence-corrected chi connectivity index (χ2v) is 10.6. The number of benzene rings is 2. The molecule has 0 spiro atoms. The number of halogens is 2. The molecule has 2 fully saturated rings. The van der Waals surface area contributed by atoms with Crippen molar-refractivity contribution >= 4 is 5.91 Å². The highest BCUT2D eigenvalue weighted by Crippen LogP contribution is 2.32. The highest BCUT2D eigenvalue weighted by atomic mass is 19.1. The van der Waals surface area contributed by atoms with Gasteiger partial charge < -0.3 is 25.0 Å². The van der Waals surface area contributed by atoms with Gasteiger partial charge in [-0.05, 0) is 75.5 Å². The zero-order valence-electron chi connectivity index (χ0n) is 22.1. The van der Waals surface area contributed by atoms with Crippen molar-refractivity contribution in [1.82, 2.24) is 20.4 Å². The number of hydrogen-bond acceptors (Lipinski definition) is 6. The van der Waals surface area contributed by atoms with Crippen LogP contribution in [0.2, 0.25) is 0 Å². The molecule has 2 aromatic carbocycles. The molecule has 0 saturated carbocycles. The summed E-state index contributed by atoms with van der Waals surface area (Å²) in [7, 11) is 0. The Morgan fingerprint density at radius 3 is 2.68 bits per heavy atom. The molecule has 0 bridgehead atoms. The van der Waals surface area contributed by atoms with E-state index in [0.29, 0.717) is 37.5 Å². The number of carbonyl (C=O) groups excluding carboxylic acids is 1. The molecule has 0 radical (unpaired) electrons. The van der Waals surface area contributed by atoms with Crippen LogP contribution in [-0.4, -0.2) is 73.3 Å². The Kier molecular flexibility index (Phi) is 8.76. The molecule has 0 unspecified atom stereocenters. The van der Waals surface area contributed by atoms with Gasteiger partial charge in [0.15, 0.2) is 11.5 Å². The fourth-order valence-corrected chi connectivity index (χ4v) is 5.92. The third-order valence-electron chi connectivity index (χ3n) is 7.95. The normalized spacial score (nSPS) is 22.2. The monoisotopic (exact) mass is 528 g/mol. The molecule has 2 N–H and O–H groups in total. The topological polar surface area (TPSA) is 66.1 Å². The van der Waals surface area contributed by atoms with Crippen molar-refractivity contribution in [3.63, 3.8) is 0 Å². The van der Waals surface area contributed by atoms with E-state index in [1.807, 2.05) is 18.2 Å². The van der Waals surface area contributed by atoms with Gasteiger partial charge in [-0.3, -0.25) is 9.69 Å². The lowest BCUT2D eigenvalue weighted by atomic mass is 10.0. The zero-order chi connectivity index (χ0) is 26.5. The molecule has 206 valence electrons. The molecule has 3 aliphatic rings. The van der Waals surface area contributed by atoms with Crippen LogP contribution in [0.4, 0.5) is 8.78 Å². The van der Waals surface area contributed by atoms with E-state index in [1.54, 1.807) is 0 Å². The molecule has 3 aliphatic heterocycles. The fraction of sp³-hybridized carbons (Fsp3) is 0.552. The second kappa shape index (κ2) is 12.4. The molecule has 2 aromatic rings. The van der Waals surface area contributed by atoms with Crippen LogP contribution in [-0.2, 0) is 17.8 Å². The number of likely N-dealkylation sites (tertiary alicyclic amines) is 2. The highest BCUT2D eigenvalue weighted by Gasteiger charge is 2.41.